The number of nitriles is 1. The van der Waals surface area contributed by atoms with Crippen molar-refractivity contribution in [3.05, 3.63) is 94.8 Å². The molecule has 0 N–H and O–H groups in total. The summed E-state index contributed by atoms with van der Waals surface area (Å²) in [7, 11) is 1.68. The molecule has 0 saturated carbocycles. The molecule has 0 bridgehead atoms. The number of rotatable bonds is 5. The maximum absolute atomic E-state index is 13.8. The van der Waals surface area contributed by atoms with E-state index in [1.807, 2.05) is 60.4 Å². The second-order valence-electron chi connectivity index (χ2n) is 11.0. The average molecular weight is 575 g/mol. The van der Waals surface area contributed by atoms with Crippen molar-refractivity contribution in [3.63, 3.8) is 0 Å². The number of benzene rings is 3. The van der Waals surface area contributed by atoms with Crippen LogP contribution in [-0.4, -0.2) is 60.6 Å². The van der Waals surface area contributed by atoms with Crippen LogP contribution in [0.1, 0.15) is 36.8 Å². The number of piperidine rings is 1. The Labute approximate surface area is 244 Å². The molecule has 2 heterocycles. The number of amides is 2. The van der Waals surface area contributed by atoms with Gasteiger partial charge in [-0.2, -0.15) is 5.26 Å². The number of carbonyl (C=O) groups is 2. The number of likely N-dealkylation sites (N-methyl/N-ethyl adjacent to an activating group) is 1. The van der Waals surface area contributed by atoms with Gasteiger partial charge in [-0.05, 0) is 86.0 Å². The Morgan fingerprint density at radius 3 is 2.27 bits per heavy atom. The maximum atomic E-state index is 13.8. The molecule has 0 aliphatic carbocycles. The first kappa shape index (κ1) is 28.4. The van der Waals surface area contributed by atoms with E-state index in [4.69, 9.17) is 21.6 Å². The van der Waals surface area contributed by atoms with E-state index in [1.165, 1.54) is 24.3 Å². The van der Waals surface area contributed by atoms with E-state index < -0.39 is 17.4 Å². The number of nitrogens with zero attached hydrogens (tertiary/aromatic N) is 4. The van der Waals surface area contributed by atoms with Crippen LogP contribution in [0.3, 0.4) is 0 Å². The van der Waals surface area contributed by atoms with Crippen molar-refractivity contribution >= 4 is 29.3 Å². The van der Waals surface area contributed by atoms with E-state index in [0.29, 0.717) is 23.7 Å². The molecule has 2 saturated heterocycles. The first-order valence-electron chi connectivity index (χ1n) is 13.7. The van der Waals surface area contributed by atoms with Crippen LogP contribution in [0.25, 0.3) is 0 Å². The molecule has 2 aliphatic heterocycles. The summed E-state index contributed by atoms with van der Waals surface area (Å²) in [6.07, 6.45) is 0.864. The standard InChI is InChI=1S/C32H32ClFN4O3/c1-32(36(2)31(40)41-28-13-9-26(34)10-14-28)21-38(20-29(32)23-5-7-25(33)8-6-23)30(39)24-15-17-37(18-16-24)27-11-3-22(19-35)4-12-27/h3-14,24,29H,15-18,20-21H2,1-2H3. The number of halogens is 2. The van der Waals surface area contributed by atoms with Crippen LogP contribution in [0.5, 0.6) is 5.75 Å². The predicted octanol–water partition coefficient (Wildman–Crippen LogP) is 6.08. The maximum Gasteiger partial charge on any atom is 0.415 e. The third-order valence-corrected chi connectivity index (χ3v) is 8.77. The molecule has 0 spiro atoms. The highest BCUT2D eigenvalue weighted by Gasteiger charge is 2.51. The number of ether oxygens (including phenoxy) is 1. The van der Waals surface area contributed by atoms with E-state index in [1.54, 1.807) is 11.9 Å². The molecule has 3 aromatic carbocycles. The molecule has 212 valence electrons. The summed E-state index contributed by atoms with van der Waals surface area (Å²) < 4.78 is 18.9. The molecule has 0 aromatic heterocycles. The van der Waals surface area contributed by atoms with Gasteiger partial charge in [-0.25, -0.2) is 9.18 Å². The minimum Gasteiger partial charge on any atom is -0.410 e. The van der Waals surface area contributed by atoms with Crippen LogP contribution in [0.2, 0.25) is 5.02 Å². The Balaban J connectivity index is 1.31. The van der Waals surface area contributed by atoms with Crippen molar-refractivity contribution in [3.8, 4) is 11.8 Å². The number of hydrogen-bond donors (Lipinski definition) is 0. The fraction of sp³-hybridized carbons (Fsp3) is 0.344. The Kier molecular flexibility index (Phi) is 8.18. The lowest BCUT2D eigenvalue weighted by molar-refractivity contribution is -0.135. The Bertz CT molecular complexity index is 1430. The van der Waals surface area contributed by atoms with Gasteiger partial charge in [-0.15, -0.1) is 0 Å². The van der Waals surface area contributed by atoms with Crippen LogP contribution >= 0.6 is 11.6 Å². The van der Waals surface area contributed by atoms with Crippen molar-refractivity contribution in [2.75, 3.05) is 38.1 Å². The molecule has 2 fully saturated rings. The first-order valence-corrected chi connectivity index (χ1v) is 14.1. The second kappa shape index (κ2) is 11.8. The SMILES string of the molecule is CN(C(=O)Oc1ccc(F)cc1)C1(C)CN(C(=O)C2CCN(c3ccc(C#N)cc3)CC2)CC1c1ccc(Cl)cc1. The third-order valence-electron chi connectivity index (χ3n) is 8.51. The molecular weight excluding hydrogens is 543 g/mol. The molecule has 2 aliphatic rings. The fourth-order valence-electron chi connectivity index (χ4n) is 5.92. The second-order valence-corrected chi connectivity index (χ2v) is 11.4. The Hall–Kier alpha value is -4.09. The minimum absolute atomic E-state index is 0.0902. The average Bonchev–Trinajstić information content (AvgIpc) is 3.36. The monoisotopic (exact) mass is 574 g/mol. The minimum atomic E-state index is -0.760. The highest BCUT2D eigenvalue weighted by molar-refractivity contribution is 6.30. The normalized spacial score (nSPS) is 20.9. The van der Waals surface area contributed by atoms with Gasteiger partial charge < -0.3 is 19.4 Å². The van der Waals surface area contributed by atoms with Gasteiger partial charge in [0, 0.05) is 55.8 Å². The van der Waals surface area contributed by atoms with Gasteiger partial charge in [0.25, 0.3) is 0 Å². The molecule has 3 aromatic rings. The van der Waals surface area contributed by atoms with Crippen molar-refractivity contribution in [2.45, 2.75) is 31.2 Å². The van der Waals surface area contributed by atoms with Gasteiger partial charge >= 0.3 is 6.09 Å². The molecule has 2 amide bonds. The van der Waals surface area contributed by atoms with Crippen molar-refractivity contribution in [1.29, 1.82) is 5.26 Å². The zero-order chi connectivity index (χ0) is 29.1. The largest absolute Gasteiger partial charge is 0.415 e. The van der Waals surface area contributed by atoms with Crippen molar-refractivity contribution < 1.29 is 18.7 Å². The van der Waals surface area contributed by atoms with Crippen LogP contribution in [-0.2, 0) is 4.79 Å². The van der Waals surface area contributed by atoms with Crippen LogP contribution in [0, 0.1) is 23.1 Å². The number of likely N-dealkylation sites (tertiary alicyclic amines) is 1. The van der Waals surface area contributed by atoms with E-state index >= 15 is 0 Å². The summed E-state index contributed by atoms with van der Waals surface area (Å²) >= 11 is 6.16. The lowest BCUT2D eigenvalue weighted by atomic mass is 9.82. The van der Waals surface area contributed by atoms with E-state index in [-0.39, 0.29) is 23.5 Å². The summed E-state index contributed by atoms with van der Waals surface area (Å²) in [5, 5.41) is 9.68. The van der Waals surface area contributed by atoms with E-state index in [2.05, 4.69) is 11.0 Å². The van der Waals surface area contributed by atoms with Gasteiger partial charge in [-0.3, -0.25) is 4.79 Å². The summed E-state index contributed by atoms with van der Waals surface area (Å²) in [4.78, 5) is 32.8. The first-order chi connectivity index (χ1) is 19.7. The predicted molar refractivity (Wildman–Crippen MR) is 155 cm³/mol. The third kappa shape index (κ3) is 6.01. The highest BCUT2D eigenvalue weighted by atomic mass is 35.5. The van der Waals surface area contributed by atoms with Gasteiger partial charge in [0.2, 0.25) is 5.91 Å². The van der Waals surface area contributed by atoms with Gasteiger partial charge in [-0.1, -0.05) is 23.7 Å². The smallest absolute Gasteiger partial charge is 0.410 e. The van der Waals surface area contributed by atoms with Crippen molar-refractivity contribution in [2.24, 2.45) is 5.92 Å². The zero-order valence-electron chi connectivity index (χ0n) is 23.1. The molecule has 7 nitrogen and oxygen atoms in total. The Morgan fingerprint density at radius 1 is 1.02 bits per heavy atom. The lowest BCUT2D eigenvalue weighted by Crippen LogP contribution is -2.53. The summed E-state index contributed by atoms with van der Waals surface area (Å²) in [5.74, 6) is -0.370. The molecule has 0 radical (unpaired) electrons. The molecule has 2 unspecified atom stereocenters. The number of carbonyl (C=O) groups excluding carboxylic acids is 2. The van der Waals surface area contributed by atoms with Gasteiger partial charge in [0.1, 0.15) is 11.6 Å². The number of anilines is 1. The molecule has 2 atom stereocenters. The van der Waals surface area contributed by atoms with E-state index in [0.717, 1.165) is 37.2 Å². The fourth-order valence-corrected chi connectivity index (χ4v) is 6.04. The molecule has 41 heavy (non-hydrogen) atoms. The highest BCUT2D eigenvalue weighted by Crippen LogP contribution is 2.41. The number of hydrogen-bond acceptors (Lipinski definition) is 5. The summed E-state index contributed by atoms with van der Waals surface area (Å²) in [5.41, 5.74) is 1.89. The van der Waals surface area contributed by atoms with Crippen LogP contribution < -0.4 is 9.64 Å². The lowest BCUT2D eigenvalue weighted by Gasteiger charge is -2.39. The van der Waals surface area contributed by atoms with Gasteiger partial charge in [0.15, 0.2) is 0 Å². The molecule has 5 rings (SSSR count). The van der Waals surface area contributed by atoms with Crippen LogP contribution in [0.4, 0.5) is 14.9 Å². The topological polar surface area (TPSA) is 76.9 Å². The van der Waals surface area contributed by atoms with Crippen LogP contribution in [0.15, 0.2) is 72.8 Å². The molecule has 9 heteroatoms. The summed E-state index contributed by atoms with van der Waals surface area (Å²) in [6, 6.07) is 22.5. The van der Waals surface area contributed by atoms with Gasteiger partial charge in [0.05, 0.1) is 17.2 Å². The van der Waals surface area contributed by atoms with Crippen molar-refractivity contribution in [1.82, 2.24) is 9.80 Å². The van der Waals surface area contributed by atoms with E-state index in [9.17, 15) is 14.0 Å². The summed E-state index contributed by atoms with van der Waals surface area (Å²) in [6.45, 7) is 4.28. The zero-order valence-corrected chi connectivity index (χ0v) is 23.9. The Morgan fingerprint density at radius 2 is 1.66 bits per heavy atom. The molecular formula is C32H32ClFN4O3. The quantitative estimate of drug-likeness (QED) is 0.369.